The van der Waals surface area contributed by atoms with Crippen LogP contribution in [0.5, 0.6) is 11.5 Å². The molecule has 1 heterocycles. The van der Waals surface area contributed by atoms with E-state index in [0.717, 1.165) is 12.0 Å². The maximum absolute atomic E-state index is 12.9. The Balaban J connectivity index is 1.45. The molecule has 0 saturated carbocycles. The van der Waals surface area contributed by atoms with Crippen LogP contribution in [0.4, 0.5) is 5.69 Å². The van der Waals surface area contributed by atoms with Crippen molar-refractivity contribution in [3.8, 4) is 11.5 Å². The fraction of sp³-hybridized carbons (Fsp3) is 0.269. The largest absolute Gasteiger partial charge is 0.490 e. The molecule has 1 atom stereocenters. The molecule has 8 nitrogen and oxygen atoms in total. The third-order valence-electron chi connectivity index (χ3n) is 5.48. The number of nitrogens with one attached hydrogen (secondary N) is 2. The molecule has 2 N–H and O–H groups in total. The van der Waals surface area contributed by atoms with Gasteiger partial charge < -0.3 is 19.7 Å². The summed E-state index contributed by atoms with van der Waals surface area (Å²) in [4.78, 5) is 15.0. The van der Waals surface area contributed by atoms with Crippen LogP contribution in [0, 0.1) is 0 Å². The van der Waals surface area contributed by atoms with Gasteiger partial charge in [0.25, 0.3) is 15.9 Å². The van der Waals surface area contributed by atoms with Crippen molar-refractivity contribution in [2.75, 3.05) is 38.6 Å². The van der Waals surface area contributed by atoms with Gasteiger partial charge in [-0.3, -0.25) is 9.52 Å². The van der Waals surface area contributed by atoms with E-state index in [1.54, 1.807) is 30.3 Å². The highest BCUT2D eigenvalue weighted by Crippen LogP contribution is 2.32. The summed E-state index contributed by atoms with van der Waals surface area (Å²) in [5.74, 6) is 0.695. The minimum atomic E-state index is -3.85. The number of benzene rings is 3. The van der Waals surface area contributed by atoms with E-state index < -0.39 is 10.0 Å². The quantitative estimate of drug-likeness (QED) is 0.495. The van der Waals surface area contributed by atoms with Crippen molar-refractivity contribution in [1.82, 2.24) is 10.2 Å². The molecule has 0 unspecified atom stereocenters. The number of carbonyl (C=O) groups excluding carboxylic acids is 1. The number of hydrogen-bond donors (Lipinski definition) is 2. The first-order valence-electron chi connectivity index (χ1n) is 11.3. The fourth-order valence-corrected chi connectivity index (χ4v) is 4.81. The maximum atomic E-state index is 12.9. The van der Waals surface area contributed by atoms with Crippen LogP contribution >= 0.6 is 0 Å². The van der Waals surface area contributed by atoms with E-state index in [1.807, 2.05) is 49.3 Å². The summed E-state index contributed by atoms with van der Waals surface area (Å²) < 4.78 is 39.5. The van der Waals surface area contributed by atoms with E-state index in [0.29, 0.717) is 42.5 Å². The fourth-order valence-electron chi connectivity index (χ4n) is 3.74. The number of sulfonamides is 1. The van der Waals surface area contributed by atoms with Crippen molar-refractivity contribution in [3.05, 3.63) is 83.9 Å². The lowest BCUT2D eigenvalue weighted by atomic mass is 10.1. The van der Waals surface area contributed by atoms with Crippen LogP contribution < -0.4 is 19.5 Å². The van der Waals surface area contributed by atoms with E-state index in [2.05, 4.69) is 10.0 Å². The predicted molar refractivity (Wildman–Crippen MR) is 135 cm³/mol. The predicted octanol–water partition coefficient (Wildman–Crippen LogP) is 3.68. The van der Waals surface area contributed by atoms with Gasteiger partial charge in [-0.05, 0) is 56.1 Å². The zero-order chi connectivity index (χ0) is 24.8. The molecule has 0 fully saturated rings. The van der Waals surface area contributed by atoms with Gasteiger partial charge >= 0.3 is 0 Å². The second kappa shape index (κ2) is 10.8. The molecule has 0 bridgehead atoms. The maximum Gasteiger partial charge on any atom is 0.262 e. The lowest BCUT2D eigenvalue weighted by Gasteiger charge is -2.23. The first kappa shape index (κ1) is 24.6. The zero-order valence-electron chi connectivity index (χ0n) is 19.7. The van der Waals surface area contributed by atoms with Gasteiger partial charge in [0.1, 0.15) is 0 Å². The molecule has 0 aromatic heterocycles. The van der Waals surface area contributed by atoms with Crippen LogP contribution in [0.1, 0.15) is 28.4 Å². The van der Waals surface area contributed by atoms with Crippen molar-refractivity contribution in [2.45, 2.75) is 17.4 Å². The summed E-state index contributed by atoms with van der Waals surface area (Å²) in [6, 6.07) is 20.4. The van der Waals surface area contributed by atoms with E-state index in [1.165, 1.54) is 12.1 Å². The molecule has 0 radical (unpaired) electrons. The van der Waals surface area contributed by atoms with Crippen molar-refractivity contribution in [3.63, 3.8) is 0 Å². The van der Waals surface area contributed by atoms with E-state index in [9.17, 15) is 13.2 Å². The van der Waals surface area contributed by atoms with Crippen molar-refractivity contribution >= 4 is 21.6 Å². The number of amides is 1. The Kier molecular flexibility index (Phi) is 7.57. The van der Waals surface area contributed by atoms with Gasteiger partial charge in [-0.25, -0.2) is 8.42 Å². The molecule has 0 saturated heterocycles. The summed E-state index contributed by atoms with van der Waals surface area (Å²) in [6.07, 6.45) is 0.732. The number of rotatable bonds is 8. The lowest BCUT2D eigenvalue weighted by molar-refractivity contribution is 0.0930. The number of likely N-dealkylation sites (N-methyl/N-ethyl adjacent to an activating group) is 1. The number of ether oxygens (including phenoxy) is 2. The molecule has 3 aromatic carbocycles. The number of carbonyl (C=O) groups is 1. The first-order chi connectivity index (χ1) is 16.8. The molecule has 0 spiro atoms. The van der Waals surface area contributed by atoms with Crippen LogP contribution in [0.2, 0.25) is 0 Å². The molecule has 1 aliphatic rings. The van der Waals surface area contributed by atoms with Gasteiger partial charge in [0.05, 0.1) is 24.2 Å². The topological polar surface area (TPSA) is 97.0 Å². The summed E-state index contributed by atoms with van der Waals surface area (Å²) in [6.45, 7) is 1.63. The third kappa shape index (κ3) is 6.32. The highest BCUT2D eigenvalue weighted by Gasteiger charge is 2.20. The molecular formula is C26H29N3O5S. The van der Waals surface area contributed by atoms with Crippen molar-refractivity contribution in [2.24, 2.45) is 0 Å². The van der Waals surface area contributed by atoms with Crippen LogP contribution in [-0.4, -0.2) is 53.1 Å². The molecule has 1 aliphatic heterocycles. The molecule has 184 valence electrons. The van der Waals surface area contributed by atoms with Crippen LogP contribution in [-0.2, 0) is 10.0 Å². The third-order valence-corrected chi connectivity index (χ3v) is 6.86. The molecule has 4 rings (SSSR count). The average Bonchev–Trinajstić information content (AvgIpc) is 3.09. The van der Waals surface area contributed by atoms with Gasteiger partial charge in [-0.15, -0.1) is 0 Å². The lowest BCUT2D eigenvalue weighted by Crippen LogP contribution is -2.35. The zero-order valence-corrected chi connectivity index (χ0v) is 20.5. The summed E-state index contributed by atoms with van der Waals surface area (Å²) >= 11 is 0. The monoisotopic (exact) mass is 495 g/mol. The Morgan fingerprint density at radius 2 is 1.63 bits per heavy atom. The summed E-state index contributed by atoms with van der Waals surface area (Å²) in [5.41, 5.74) is 1.79. The van der Waals surface area contributed by atoms with Gasteiger partial charge in [0, 0.05) is 30.3 Å². The van der Waals surface area contributed by atoms with E-state index in [-0.39, 0.29) is 16.8 Å². The Morgan fingerprint density at radius 1 is 0.943 bits per heavy atom. The highest BCUT2D eigenvalue weighted by atomic mass is 32.2. The van der Waals surface area contributed by atoms with Gasteiger partial charge in [-0.1, -0.05) is 30.3 Å². The summed E-state index contributed by atoms with van der Waals surface area (Å²) in [7, 11) is 0.0494. The minimum Gasteiger partial charge on any atom is -0.490 e. The normalized spacial score (nSPS) is 14.1. The standard InChI is InChI=1S/C26H29N3O5S/c1-29(2)18-23(19-7-4-3-5-8-19)27-26(30)20-9-11-21(12-10-20)28-35(31,32)22-13-14-24-25(17-22)34-16-6-15-33-24/h3-5,7-14,17,23,28H,6,15-16,18H2,1-2H3,(H,27,30)/t23-/m0/s1. The highest BCUT2D eigenvalue weighted by molar-refractivity contribution is 7.92. The Hall–Kier alpha value is -3.56. The molecule has 9 heteroatoms. The Bertz CT molecular complexity index is 1260. The first-order valence-corrected chi connectivity index (χ1v) is 12.8. The Morgan fingerprint density at radius 3 is 2.31 bits per heavy atom. The number of hydrogen-bond acceptors (Lipinski definition) is 6. The number of anilines is 1. The second-order valence-corrected chi connectivity index (χ2v) is 10.2. The van der Waals surface area contributed by atoms with Crippen LogP contribution in [0.15, 0.2) is 77.7 Å². The molecule has 3 aromatic rings. The van der Waals surface area contributed by atoms with Gasteiger partial charge in [0.2, 0.25) is 0 Å². The molecular weight excluding hydrogens is 466 g/mol. The average molecular weight is 496 g/mol. The van der Waals surface area contributed by atoms with E-state index in [4.69, 9.17) is 9.47 Å². The van der Waals surface area contributed by atoms with Crippen LogP contribution in [0.3, 0.4) is 0 Å². The molecule has 1 amide bonds. The SMILES string of the molecule is CN(C)C[C@H](NC(=O)c1ccc(NS(=O)(=O)c2ccc3c(c2)OCCCO3)cc1)c1ccccc1. The second-order valence-electron chi connectivity index (χ2n) is 8.54. The molecule has 0 aliphatic carbocycles. The number of fused-ring (bicyclic) bond motifs is 1. The van der Waals surface area contributed by atoms with Crippen molar-refractivity contribution < 1.29 is 22.7 Å². The summed E-state index contributed by atoms with van der Waals surface area (Å²) in [5, 5.41) is 3.06. The smallest absolute Gasteiger partial charge is 0.262 e. The molecule has 35 heavy (non-hydrogen) atoms. The van der Waals surface area contributed by atoms with Gasteiger partial charge in [0.15, 0.2) is 11.5 Å². The van der Waals surface area contributed by atoms with Crippen LogP contribution in [0.25, 0.3) is 0 Å². The minimum absolute atomic E-state index is 0.0676. The van der Waals surface area contributed by atoms with Crippen molar-refractivity contribution in [1.29, 1.82) is 0 Å². The number of nitrogens with zero attached hydrogens (tertiary/aromatic N) is 1. The van der Waals surface area contributed by atoms with Gasteiger partial charge in [-0.2, -0.15) is 0 Å². The van der Waals surface area contributed by atoms with E-state index >= 15 is 0 Å². The Labute approximate surface area is 205 Å².